The average Bonchev–Trinajstić information content (AvgIpc) is 3.28. The van der Waals surface area contributed by atoms with E-state index in [9.17, 15) is 4.79 Å². The molecule has 190 valence electrons. The highest BCUT2D eigenvalue weighted by Gasteiger charge is 2.41. The van der Waals surface area contributed by atoms with Gasteiger partial charge in [-0.25, -0.2) is 0 Å². The van der Waals surface area contributed by atoms with E-state index >= 15 is 0 Å². The second-order valence-electron chi connectivity index (χ2n) is 10.2. The molecule has 2 aliphatic rings. The number of fused-ring (bicyclic) bond motifs is 2. The Morgan fingerprint density at radius 2 is 1.56 bits per heavy atom. The summed E-state index contributed by atoms with van der Waals surface area (Å²) in [6, 6.07) is 29.5. The van der Waals surface area contributed by atoms with Gasteiger partial charge in [-0.15, -0.1) is 24.2 Å². The first kappa shape index (κ1) is 26.8. The first-order valence-corrected chi connectivity index (χ1v) is 13.9. The Bertz CT molecular complexity index is 1120. The van der Waals surface area contributed by atoms with Crippen molar-refractivity contribution in [2.24, 2.45) is 0 Å². The molecule has 2 aliphatic heterocycles. The number of hydrogen-bond acceptors (Lipinski definition) is 3. The maximum Gasteiger partial charge on any atom is 0.253 e. The predicted octanol–water partition coefficient (Wildman–Crippen LogP) is 6.88. The quantitative estimate of drug-likeness (QED) is 0.323. The van der Waals surface area contributed by atoms with E-state index in [0.717, 1.165) is 31.5 Å². The van der Waals surface area contributed by atoms with Gasteiger partial charge in [-0.2, -0.15) is 0 Å². The SMILES string of the molecule is CN(CCC(CCN1CCC2(CC1)CSc1ccccc12)c1ccccc1)C(=O)c1ccccc1.Cl. The van der Waals surface area contributed by atoms with Crippen molar-refractivity contribution in [2.75, 3.05) is 39.0 Å². The van der Waals surface area contributed by atoms with E-state index in [1.807, 2.05) is 54.0 Å². The number of piperidine rings is 1. The summed E-state index contributed by atoms with van der Waals surface area (Å²) in [7, 11) is 1.93. The minimum Gasteiger partial charge on any atom is -0.342 e. The highest BCUT2D eigenvalue weighted by Crippen LogP contribution is 2.49. The topological polar surface area (TPSA) is 23.6 Å². The summed E-state index contributed by atoms with van der Waals surface area (Å²) in [5.41, 5.74) is 4.14. The molecule has 5 rings (SSSR count). The fourth-order valence-electron chi connectivity index (χ4n) is 5.74. The molecule has 1 unspecified atom stereocenters. The van der Waals surface area contributed by atoms with Crippen molar-refractivity contribution in [2.45, 2.75) is 41.9 Å². The first-order chi connectivity index (χ1) is 17.1. The summed E-state index contributed by atoms with van der Waals surface area (Å²) in [5.74, 6) is 1.81. The lowest BCUT2D eigenvalue weighted by Gasteiger charge is -2.40. The van der Waals surface area contributed by atoms with Gasteiger partial charge in [-0.1, -0.05) is 66.7 Å². The van der Waals surface area contributed by atoms with Crippen molar-refractivity contribution in [1.29, 1.82) is 0 Å². The zero-order valence-corrected chi connectivity index (χ0v) is 22.8. The third kappa shape index (κ3) is 5.99. The van der Waals surface area contributed by atoms with E-state index in [2.05, 4.69) is 59.5 Å². The molecule has 0 saturated carbocycles. The van der Waals surface area contributed by atoms with Crippen molar-refractivity contribution in [3.63, 3.8) is 0 Å². The number of carbonyl (C=O) groups is 1. The largest absolute Gasteiger partial charge is 0.342 e. The van der Waals surface area contributed by atoms with Gasteiger partial charge in [-0.3, -0.25) is 4.79 Å². The molecular formula is C31H37ClN2OS. The monoisotopic (exact) mass is 520 g/mol. The van der Waals surface area contributed by atoms with Crippen LogP contribution in [0.25, 0.3) is 0 Å². The van der Waals surface area contributed by atoms with Gasteiger partial charge in [0.2, 0.25) is 0 Å². The van der Waals surface area contributed by atoms with Crippen LogP contribution in [-0.4, -0.2) is 54.7 Å². The molecule has 1 atom stereocenters. The van der Waals surface area contributed by atoms with Crippen molar-refractivity contribution < 1.29 is 4.79 Å². The Morgan fingerprint density at radius 3 is 2.28 bits per heavy atom. The molecule has 5 heteroatoms. The molecule has 36 heavy (non-hydrogen) atoms. The van der Waals surface area contributed by atoms with Crippen LogP contribution in [0, 0.1) is 0 Å². The Labute approximate surface area is 226 Å². The average molecular weight is 521 g/mol. The van der Waals surface area contributed by atoms with E-state index < -0.39 is 0 Å². The first-order valence-electron chi connectivity index (χ1n) is 12.9. The Morgan fingerprint density at radius 1 is 0.917 bits per heavy atom. The molecule has 0 radical (unpaired) electrons. The molecule has 0 aliphatic carbocycles. The molecule has 3 nitrogen and oxygen atoms in total. The molecule has 3 aromatic rings. The Balaban J connectivity index is 0.00000304. The van der Waals surface area contributed by atoms with Gasteiger partial charge < -0.3 is 9.80 Å². The van der Waals surface area contributed by atoms with Crippen LogP contribution < -0.4 is 0 Å². The fourth-order valence-corrected chi connectivity index (χ4v) is 7.23. The maximum atomic E-state index is 12.8. The van der Waals surface area contributed by atoms with Gasteiger partial charge in [0.15, 0.2) is 0 Å². The third-order valence-corrected chi connectivity index (χ3v) is 9.38. The van der Waals surface area contributed by atoms with Crippen LogP contribution in [0.3, 0.4) is 0 Å². The van der Waals surface area contributed by atoms with E-state index in [1.54, 1.807) is 5.56 Å². The Kier molecular flexibility index (Phi) is 9.16. The smallest absolute Gasteiger partial charge is 0.253 e. The fraction of sp³-hybridized carbons (Fsp3) is 0.387. The van der Waals surface area contributed by atoms with Gasteiger partial charge in [0, 0.05) is 35.2 Å². The minimum atomic E-state index is 0. The molecule has 0 bridgehead atoms. The predicted molar refractivity (Wildman–Crippen MR) is 154 cm³/mol. The number of carbonyl (C=O) groups excluding carboxylic acids is 1. The number of amides is 1. The second kappa shape index (κ2) is 12.3. The Hall–Kier alpha value is -2.27. The second-order valence-corrected chi connectivity index (χ2v) is 11.2. The third-order valence-electron chi connectivity index (χ3n) is 8.02. The zero-order chi connectivity index (χ0) is 24.1. The minimum absolute atomic E-state index is 0. The molecule has 1 saturated heterocycles. The van der Waals surface area contributed by atoms with Gasteiger partial charge in [0.25, 0.3) is 5.91 Å². The number of rotatable bonds is 8. The molecular weight excluding hydrogens is 484 g/mol. The van der Waals surface area contributed by atoms with Crippen molar-refractivity contribution in [3.8, 4) is 0 Å². The summed E-state index contributed by atoms with van der Waals surface area (Å²) >= 11 is 2.05. The number of hydrogen-bond donors (Lipinski definition) is 0. The van der Waals surface area contributed by atoms with Crippen LogP contribution in [0.4, 0.5) is 0 Å². The molecule has 1 spiro atoms. The van der Waals surface area contributed by atoms with Crippen molar-refractivity contribution in [3.05, 3.63) is 102 Å². The number of thioether (sulfide) groups is 1. The summed E-state index contributed by atoms with van der Waals surface area (Å²) in [6.07, 6.45) is 4.65. The van der Waals surface area contributed by atoms with Crippen LogP contribution >= 0.6 is 24.2 Å². The number of nitrogens with zero attached hydrogens (tertiary/aromatic N) is 2. The molecule has 2 heterocycles. The van der Waals surface area contributed by atoms with Gasteiger partial charge in [0.05, 0.1) is 0 Å². The molecule has 1 amide bonds. The molecule has 3 aromatic carbocycles. The van der Waals surface area contributed by atoms with Crippen molar-refractivity contribution in [1.82, 2.24) is 9.80 Å². The van der Waals surface area contributed by atoms with Gasteiger partial charge in [-0.05, 0) is 80.6 Å². The number of benzene rings is 3. The van der Waals surface area contributed by atoms with E-state index in [-0.39, 0.29) is 18.3 Å². The highest BCUT2D eigenvalue weighted by atomic mass is 35.5. The van der Waals surface area contributed by atoms with Crippen LogP contribution in [0.2, 0.25) is 0 Å². The lowest BCUT2D eigenvalue weighted by atomic mass is 9.74. The van der Waals surface area contributed by atoms with Crippen LogP contribution in [0.1, 0.15) is 53.1 Å². The van der Waals surface area contributed by atoms with E-state index in [4.69, 9.17) is 0 Å². The van der Waals surface area contributed by atoms with Gasteiger partial charge in [0.1, 0.15) is 0 Å². The summed E-state index contributed by atoms with van der Waals surface area (Å²) in [4.78, 5) is 18.9. The molecule has 1 fully saturated rings. The lowest BCUT2D eigenvalue weighted by Crippen LogP contribution is -2.43. The molecule has 0 aromatic heterocycles. The summed E-state index contributed by atoms with van der Waals surface area (Å²) < 4.78 is 0. The number of likely N-dealkylation sites (tertiary alicyclic amines) is 1. The summed E-state index contributed by atoms with van der Waals surface area (Å²) in [6.45, 7) is 4.26. The normalized spacial score (nSPS) is 17.2. The van der Waals surface area contributed by atoms with Crippen LogP contribution in [0.15, 0.2) is 89.8 Å². The highest BCUT2D eigenvalue weighted by molar-refractivity contribution is 7.99. The van der Waals surface area contributed by atoms with Crippen molar-refractivity contribution >= 4 is 30.1 Å². The maximum absolute atomic E-state index is 12.8. The van der Waals surface area contributed by atoms with Crippen LogP contribution in [0.5, 0.6) is 0 Å². The van der Waals surface area contributed by atoms with Crippen LogP contribution in [-0.2, 0) is 5.41 Å². The zero-order valence-electron chi connectivity index (χ0n) is 21.1. The number of halogens is 1. The summed E-state index contributed by atoms with van der Waals surface area (Å²) in [5, 5.41) is 0. The molecule has 0 N–H and O–H groups in total. The lowest BCUT2D eigenvalue weighted by molar-refractivity contribution is 0.0789. The van der Waals surface area contributed by atoms with E-state index in [1.165, 1.54) is 42.1 Å². The van der Waals surface area contributed by atoms with Gasteiger partial charge >= 0.3 is 0 Å². The standard InChI is InChI=1S/C31H36N2OS.ClH/c1-32(30(34)27-12-6-3-7-13-27)20-16-26(25-10-4-2-5-11-25)17-21-33-22-18-31(19-23-33)24-35-29-15-9-8-14-28(29)31;/h2-15,26H,16-24H2,1H3;1H. The van der Waals surface area contributed by atoms with E-state index in [0.29, 0.717) is 11.3 Å².